The number of nitrogens with zero attached hydrogens (tertiary/aromatic N) is 3. The zero-order valence-electron chi connectivity index (χ0n) is 12.6. The van der Waals surface area contributed by atoms with Crippen LogP contribution in [0.15, 0.2) is 34.5 Å². The molecule has 0 aliphatic rings. The van der Waals surface area contributed by atoms with Crippen LogP contribution in [0.3, 0.4) is 0 Å². The van der Waals surface area contributed by atoms with Crippen LogP contribution in [0.25, 0.3) is 0 Å². The maximum atomic E-state index is 12.1. The van der Waals surface area contributed by atoms with Crippen LogP contribution >= 0.6 is 23.1 Å². The Labute approximate surface area is 138 Å². The van der Waals surface area contributed by atoms with Gasteiger partial charge in [-0.3, -0.25) is 4.79 Å². The predicted octanol–water partition coefficient (Wildman–Crippen LogP) is 3.73. The Morgan fingerprint density at radius 1 is 1.41 bits per heavy atom. The first-order valence-electron chi connectivity index (χ1n) is 6.86. The van der Waals surface area contributed by atoms with Crippen LogP contribution in [-0.4, -0.2) is 29.4 Å². The second-order valence-electron chi connectivity index (χ2n) is 4.81. The number of hydrogen-bond acceptors (Lipinski definition) is 5. The van der Waals surface area contributed by atoms with E-state index in [9.17, 15) is 4.79 Å². The Morgan fingerprint density at radius 3 is 2.73 bits per heavy atom. The average Bonchev–Trinajstić information content (AvgIpc) is 2.96. The monoisotopic (exact) mass is 331 g/mol. The first kappa shape index (κ1) is 16.5. The van der Waals surface area contributed by atoms with Crippen molar-refractivity contribution >= 4 is 29.0 Å². The molecular weight excluding hydrogens is 314 g/mol. The number of carbonyl (C=O) groups excluding carboxylic acids is 1. The molecule has 0 aliphatic heterocycles. The van der Waals surface area contributed by atoms with Gasteiger partial charge in [0.2, 0.25) is 0 Å². The summed E-state index contributed by atoms with van der Waals surface area (Å²) in [6.07, 6.45) is 0.350. The zero-order chi connectivity index (χ0) is 15.9. The maximum absolute atomic E-state index is 12.1. The average molecular weight is 331 g/mol. The lowest BCUT2D eigenvalue weighted by molar-refractivity contribution is 0.0798. The molecule has 0 fully saturated rings. The van der Waals surface area contributed by atoms with Crippen LogP contribution in [-0.2, 0) is 5.75 Å². The molecule has 0 aliphatic carbocycles. The fraction of sp³-hybridized carbons (Fsp3) is 0.312. The molecule has 22 heavy (non-hydrogen) atoms. The van der Waals surface area contributed by atoms with Crippen LogP contribution in [0.4, 0.5) is 0 Å². The molecule has 0 saturated carbocycles. The molecule has 6 heteroatoms. The molecule has 2 aromatic rings. The fourth-order valence-corrected chi connectivity index (χ4v) is 3.37. The molecule has 1 amide bonds. The summed E-state index contributed by atoms with van der Waals surface area (Å²) in [5, 5.41) is 11.7. The molecule has 1 heterocycles. The molecule has 2 rings (SSSR count). The summed E-state index contributed by atoms with van der Waals surface area (Å²) in [6.45, 7) is 2.46. The molecule has 0 atom stereocenters. The van der Waals surface area contributed by atoms with Crippen LogP contribution in [0.5, 0.6) is 0 Å². The molecule has 1 aromatic heterocycles. The van der Waals surface area contributed by atoms with E-state index in [0.29, 0.717) is 18.5 Å². The molecule has 1 aromatic carbocycles. The first-order valence-corrected chi connectivity index (χ1v) is 8.73. The smallest absolute Gasteiger partial charge is 0.253 e. The van der Waals surface area contributed by atoms with E-state index < -0.39 is 0 Å². The van der Waals surface area contributed by atoms with Crippen LogP contribution in [0.2, 0.25) is 0 Å². The second kappa shape index (κ2) is 7.97. The maximum Gasteiger partial charge on any atom is 0.253 e. The van der Waals surface area contributed by atoms with E-state index in [1.165, 1.54) is 0 Å². The van der Waals surface area contributed by atoms with E-state index in [2.05, 4.69) is 10.4 Å². The van der Waals surface area contributed by atoms with Gasteiger partial charge in [0.1, 0.15) is 0 Å². The quantitative estimate of drug-likeness (QED) is 0.757. The van der Waals surface area contributed by atoms with Crippen molar-refractivity contribution in [2.75, 3.05) is 13.6 Å². The van der Waals surface area contributed by atoms with E-state index >= 15 is 0 Å². The van der Waals surface area contributed by atoms with Crippen molar-refractivity contribution in [3.63, 3.8) is 0 Å². The van der Waals surface area contributed by atoms with Crippen molar-refractivity contribution in [3.05, 3.63) is 45.9 Å². The Kier molecular flexibility index (Phi) is 5.99. The number of rotatable bonds is 6. The summed E-state index contributed by atoms with van der Waals surface area (Å²) in [5.41, 5.74) is 1.73. The van der Waals surface area contributed by atoms with Gasteiger partial charge in [-0.25, -0.2) is 4.98 Å². The Hall–Kier alpha value is -1.84. The van der Waals surface area contributed by atoms with Crippen molar-refractivity contribution in [2.45, 2.75) is 24.0 Å². The van der Waals surface area contributed by atoms with Crippen molar-refractivity contribution in [3.8, 4) is 6.07 Å². The van der Waals surface area contributed by atoms with Crippen molar-refractivity contribution in [1.82, 2.24) is 9.88 Å². The number of benzene rings is 1. The van der Waals surface area contributed by atoms with E-state index in [-0.39, 0.29) is 5.91 Å². The number of thiazole rings is 1. The van der Waals surface area contributed by atoms with Crippen LogP contribution in [0.1, 0.15) is 27.5 Å². The number of carbonyl (C=O) groups is 1. The number of amides is 1. The molecule has 0 bridgehead atoms. The summed E-state index contributed by atoms with van der Waals surface area (Å²) < 4.78 is 0. The Bertz CT molecular complexity index is 673. The topological polar surface area (TPSA) is 57.0 Å². The standard InChI is InChI=1S/C16H17N3OS2/c1-12-18-14(10-21-12)11-22-15-6-4-13(5-7-15)16(20)19(2)9-3-8-17/h4-7,10H,3,9,11H2,1-2H3. The number of hydrogen-bond donors (Lipinski definition) is 0. The SMILES string of the molecule is Cc1nc(CSc2ccc(C(=O)N(C)CCC#N)cc2)cs1. The number of thioether (sulfide) groups is 1. The minimum atomic E-state index is -0.0538. The second-order valence-corrected chi connectivity index (χ2v) is 6.92. The van der Waals surface area contributed by atoms with Gasteiger partial charge in [-0.15, -0.1) is 23.1 Å². The van der Waals surface area contributed by atoms with Crippen LogP contribution < -0.4 is 0 Å². The van der Waals surface area contributed by atoms with Crippen molar-refractivity contribution < 1.29 is 4.79 Å². The minimum absolute atomic E-state index is 0.0538. The molecule has 4 nitrogen and oxygen atoms in total. The summed E-state index contributed by atoms with van der Waals surface area (Å²) in [6, 6.07) is 9.62. The van der Waals surface area contributed by atoms with Crippen molar-refractivity contribution in [1.29, 1.82) is 5.26 Å². The highest BCUT2D eigenvalue weighted by molar-refractivity contribution is 7.98. The van der Waals surface area contributed by atoms with Gasteiger partial charge in [-0.2, -0.15) is 5.26 Å². The van der Waals surface area contributed by atoms with Gasteiger partial charge in [0.05, 0.1) is 23.2 Å². The molecule has 0 radical (unpaired) electrons. The van der Waals surface area contributed by atoms with E-state index in [4.69, 9.17) is 5.26 Å². The normalized spacial score (nSPS) is 10.2. The van der Waals surface area contributed by atoms with Gasteiger partial charge in [0.15, 0.2) is 0 Å². The predicted molar refractivity (Wildman–Crippen MR) is 90.0 cm³/mol. The van der Waals surface area contributed by atoms with Gasteiger partial charge in [0, 0.05) is 35.2 Å². The summed E-state index contributed by atoms with van der Waals surface area (Å²) >= 11 is 3.36. The molecular formula is C16H17N3OS2. The zero-order valence-corrected chi connectivity index (χ0v) is 14.2. The third-order valence-electron chi connectivity index (χ3n) is 3.06. The first-order chi connectivity index (χ1) is 10.6. The fourth-order valence-electron chi connectivity index (χ4n) is 1.87. The van der Waals surface area contributed by atoms with Gasteiger partial charge < -0.3 is 4.90 Å². The van der Waals surface area contributed by atoms with Gasteiger partial charge in [0.25, 0.3) is 5.91 Å². The minimum Gasteiger partial charge on any atom is -0.341 e. The van der Waals surface area contributed by atoms with Gasteiger partial charge >= 0.3 is 0 Å². The molecule has 0 unspecified atom stereocenters. The highest BCUT2D eigenvalue weighted by atomic mass is 32.2. The molecule has 114 valence electrons. The largest absolute Gasteiger partial charge is 0.341 e. The molecule has 0 N–H and O–H groups in total. The van der Waals surface area contributed by atoms with Gasteiger partial charge in [-0.05, 0) is 31.2 Å². The summed E-state index contributed by atoms with van der Waals surface area (Å²) in [5.74, 6) is 0.779. The summed E-state index contributed by atoms with van der Waals surface area (Å²) in [7, 11) is 1.72. The molecule has 0 saturated heterocycles. The number of nitriles is 1. The van der Waals surface area contributed by atoms with Crippen LogP contribution in [0, 0.1) is 18.3 Å². The third kappa shape index (κ3) is 4.58. The van der Waals surface area contributed by atoms with E-state index in [0.717, 1.165) is 21.3 Å². The third-order valence-corrected chi connectivity index (χ3v) is 4.93. The summed E-state index contributed by atoms with van der Waals surface area (Å²) in [4.78, 5) is 19.3. The van der Waals surface area contributed by atoms with E-state index in [1.807, 2.05) is 37.3 Å². The Balaban J connectivity index is 1.92. The Morgan fingerprint density at radius 2 is 2.14 bits per heavy atom. The lowest BCUT2D eigenvalue weighted by atomic mass is 10.2. The lowest BCUT2D eigenvalue weighted by Gasteiger charge is -2.15. The van der Waals surface area contributed by atoms with E-state index in [1.54, 1.807) is 35.0 Å². The van der Waals surface area contributed by atoms with Crippen molar-refractivity contribution in [2.24, 2.45) is 0 Å². The highest BCUT2D eigenvalue weighted by Gasteiger charge is 2.11. The lowest BCUT2D eigenvalue weighted by Crippen LogP contribution is -2.27. The molecule has 0 spiro atoms. The number of aryl methyl sites for hydroxylation is 1. The highest BCUT2D eigenvalue weighted by Crippen LogP contribution is 2.24. The number of aromatic nitrogens is 1. The van der Waals surface area contributed by atoms with Gasteiger partial charge in [-0.1, -0.05) is 0 Å².